The van der Waals surface area contributed by atoms with Crippen molar-refractivity contribution in [2.24, 2.45) is 0 Å². The highest BCUT2D eigenvalue weighted by molar-refractivity contribution is 7.09. The molecule has 2 aromatic heterocycles. The molecule has 1 aliphatic rings. The third kappa shape index (κ3) is 3.88. The summed E-state index contributed by atoms with van der Waals surface area (Å²) in [5.74, 6) is 0.537. The summed E-state index contributed by atoms with van der Waals surface area (Å²) in [7, 11) is 2.11. The Morgan fingerprint density at radius 2 is 2.00 bits per heavy atom. The van der Waals surface area contributed by atoms with Crippen LogP contribution >= 0.6 is 11.3 Å². The number of aryl methyl sites for hydroxylation is 2. The van der Waals surface area contributed by atoms with Crippen LogP contribution in [0.3, 0.4) is 0 Å². The van der Waals surface area contributed by atoms with Crippen molar-refractivity contribution < 1.29 is 4.79 Å². The number of anilines is 1. The van der Waals surface area contributed by atoms with Gasteiger partial charge < -0.3 is 15.1 Å². The number of piperazine rings is 1. The van der Waals surface area contributed by atoms with E-state index in [1.54, 1.807) is 17.5 Å². The van der Waals surface area contributed by atoms with E-state index in [0.717, 1.165) is 36.9 Å². The van der Waals surface area contributed by atoms with Crippen LogP contribution in [0, 0.1) is 13.8 Å². The van der Waals surface area contributed by atoms with Gasteiger partial charge in [0.05, 0.1) is 28.5 Å². The van der Waals surface area contributed by atoms with Crippen LogP contribution < -0.4 is 10.2 Å². The summed E-state index contributed by atoms with van der Waals surface area (Å²) in [6, 6.07) is 0. The van der Waals surface area contributed by atoms with Gasteiger partial charge in [-0.25, -0.2) is 15.0 Å². The summed E-state index contributed by atoms with van der Waals surface area (Å²) >= 11 is 1.58. The summed E-state index contributed by atoms with van der Waals surface area (Å²) in [5, 5.41) is 5.83. The first-order valence-corrected chi connectivity index (χ1v) is 8.87. The average molecular weight is 346 g/mol. The van der Waals surface area contributed by atoms with Crippen molar-refractivity contribution in [1.82, 2.24) is 25.2 Å². The van der Waals surface area contributed by atoms with Crippen LogP contribution in [0.2, 0.25) is 0 Å². The Balaban J connectivity index is 1.64. The van der Waals surface area contributed by atoms with Crippen LogP contribution in [0.5, 0.6) is 0 Å². The van der Waals surface area contributed by atoms with Crippen molar-refractivity contribution in [1.29, 1.82) is 0 Å². The molecular weight excluding hydrogens is 324 g/mol. The highest BCUT2D eigenvalue weighted by Gasteiger charge is 2.18. The number of carbonyl (C=O) groups is 1. The van der Waals surface area contributed by atoms with Gasteiger partial charge in [-0.1, -0.05) is 0 Å². The molecular formula is C16H22N6OS. The van der Waals surface area contributed by atoms with E-state index < -0.39 is 0 Å². The van der Waals surface area contributed by atoms with Gasteiger partial charge in [0.2, 0.25) is 5.95 Å². The lowest BCUT2D eigenvalue weighted by Crippen LogP contribution is -2.45. The van der Waals surface area contributed by atoms with Gasteiger partial charge in [0.25, 0.3) is 5.91 Å². The smallest absolute Gasteiger partial charge is 0.255 e. The average Bonchev–Trinajstić information content (AvgIpc) is 2.99. The van der Waals surface area contributed by atoms with E-state index in [1.165, 1.54) is 0 Å². The molecule has 8 heteroatoms. The molecule has 0 atom stereocenters. The van der Waals surface area contributed by atoms with Crippen LogP contribution in [-0.2, 0) is 6.54 Å². The number of amides is 1. The highest BCUT2D eigenvalue weighted by Crippen LogP contribution is 2.14. The molecule has 0 spiro atoms. The molecule has 24 heavy (non-hydrogen) atoms. The van der Waals surface area contributed by atoms with Gasteiger partial charge >= 0.3 is 0 Å². The molecule has 3 rings (SSSR count). The molecule has 1 saturated heterocycles. The number of nitrogens with one attached hydrogen (secondary N) is 1. The summed E-state index contributed by atoms with van der Waals surface area (Å²) in [4.78, 5) is 30.0. The molecule has 0 aliphatic carbocycles. The summed E-state index contributed by atoms with van der Waals surface area (Å²) in [5.41, 5.74) is 2.09. The minimum absolute atomic E-state index is 0.164. The number of rotatable bonds is 4. The Labute approximate surface area is 145 Å². The zero-order chi connectivity index (χ0) is 17.1. The lowest BCUT2D eigenvalue weighted by molar-refractivity contribution is 0.0949. The molecule has 0 bridgehead atoms. The monoisotopic (exact) mass is 346 g/mol. The largest absolute Gasteiger partial charge is 0.346 e. The van der Waals surface area contributed by atoms with Crippen molar-refractivity contribution in [3.63, 3.8) is 0 Å². The van der Waals surface area contributed by atoms with Gasteiger partial charge in [0, 0.05) is 37.8 Å². The van der Waals surface area contributed by atoms with E-state index in [1.807, 2.05) is 19.2 Å². The molecule has 3 heterocycles. The number of hydrogen-bond acceptors (Lipinski definition) is 7. The Bertz CT molecular complexity index is 723. The topological polar surface area (TPSA) is 74.2 Å². The van der Waals surface area contributed by atoms with Crippen molar-refractivity contribution in [2.45, 2.75) is 20.4 Å². The number of thiazole rings is 1. The highest BCUT2D eigenvalue weighted by atomic mass is 32.1. The zero-order valence-corrected chi connectivity index (χ0v) is 15.1. The fraction of sp³-hybridized carbons (Fsp3) is 0.500. The van der Waals surface area contributed by atoms with Gasteiger partial charge in [0.1, 0.15) is 0 Å². The van der Waals surface area contributed by atoms with Gasteiger partial charge in [-0.2, -0.15) is 0 Å². The van der Waals surface area contributed by atoms with E-state index >= 15 is 0 Å². The number of aromatic nitrogens is 3. The molecule has 2 aromatic rings. The standard InChI is InChI=1S/C16H22N6OS/c1-11-14(15(23)17-8-13-10-24-12(2)20-13)9-18-16(19-11)22-6-4-21(3)5-7-22/h9-10H,4-8H2,1-3H3,(H,17,23). The Kier molecular flexibility index (Phi) is 5.06. The van der Waals surface area contributed by atoms with Crippen LogP contribution in [0.15, 0.2) is 11.6 Å². The van der Waals surface area contributed by atoms with Crippen molar-refractivity contribution in [2.75, 3.05) is 38.1 Å². The predicted octanol–water partition coefficient (Wildman–Crippen LogP) is 1.23. The normalized spacial score (nSPS) is 15.5. The fourth-order valence-corrected chi connectivity index (χ4v) is 3.20. The van der Waals surface area contributed by atoms with E-state index in [2.05, 4.69) is 37.1 Å². The van der Waals surface area contributed by atoms with E-state index in [0.29, 0.717) is 23.8 Å². The maximum atomic E-state index is 12.3. The second kappa shape index (κ2) is 7.23. The molecule has 1 fully saturated rings. The third-order valence-electron chi connectivity index (χ3n) is 4.09. The predicted molar refractivity (Wildman–Crippen MR) is 94.5 cm³/mol. The molecule has 128 valence electrons. The lowest BCUT2D eigenvalue weighted by atomic mass is 10.2. The second-order valence-electron chi connectivity index (χ2n) is 6.00. The van der Waals surface area contributed by atoms with Crippen molar-refractivity contribution in [3.8, 4) is 0 Å². The maximum absolute atomic E-state index is 12.3. The first-order chi connectivity index (χ1) is 11.5. The Hall–Kier alpha value is -2.06. The van der Waals surface area contributed by atoms with Crippen LogP contribution in [-0.4, -0.2) is 59.0 Å². The first kappa shape index (κ1) is 16.8. The third-order valence-corrected chi connectivity index (χ3v) is 4.92. The number of nitrogens with zero attached hydrogens (tertiary/aromatic N) is 5. The molecule has 0 aromatic carbocycles. The summed E-state index contributed by atoms with van der Waals surface area (Å²) in [6.45, 7) is 8.03. The van der Waals surface area contributed by atoms with E-state index in [-0.39, 0.29) is 5.91 Å². The van der Waals surface area contributed by atoms with E-state index in [4.69, 9.17) is 0 Å². The minimum atomic E-state index is -0.164. The Morgan fingerprint density at radius 1 is 1.25 bits per heavy atom. The van der Waals surface area contributed by atoms with Crippen molar-refractivity contribution >= 4 is 23.2 Å². The molecule has 0 saturated carbocycles. The second-order valence-corrected chi connectivity index (χ2v) is 7.06. The zero-order valence-electron chi connectivity index (χ0n) is 14.2. The molecule has 7 nitrogen and oxygen atoms in total. The lowest BCUT2D eigenvalue weighted by Gasteiger charge is -2.32. The minimum Gasteiger partial charge on any atom is -0.346 e. The van der Waals surface area contributed by atoms with Gasteiger partial charge in [-0.05, 0) is 20.9 Å². The number of hydrogen-bond donors (Lipinski definition) is 1. The molecule has 0 radical (unpaired) electrons. The number of likely N-dealkylation sites (N-methyl/N-ethyl adjacent to an activating group) is 1. The first-order valence-electron chi connectivity index (χ1n) is 7.99. The molecule has 1 aliphatic heterocycles. The van der Waals surface area contributed by atoms with Crippen molar-refractivity contribution in [3.05, 3.63) is 33.5 Å². The van der Waals surface area contributed by atoms with Crippen LogP contribution in [0.4, 0.5) is 5.95 Å². The quantitative estimate of drug-likeness (QED) is 0.898. The fourth-order valence-electron chi connectivity index (χ4n) is 2.59. The van der Waals surface area contributed by atoms with Gasteiger partial charge in [-0.3, -0.25) is 4.79 Å². The van der Waals surface area contributed by atoms with Gasteiger partial charge in [-0.15, -0.1) is 11.3 Å². The van der Waals surface area contributed by atoms with Gasteiger partial charge in [0.15, 0.2) is 0 Å². The van der Waals surface area contributed by atoms with Crippen LogP contribution in [0.25, 0.3) is 0 Å². The summed E-state index contributed by atoms with van der Waals surface area (Å²) in [6.07, 6.45) is 1.62. The Morgan fingerprint density at radius 3 is 2.62 bits per heavy atom. The SMILES string of the molecule is Cc1nc(CNC(=O)c2cnc(N3CCN(C)CC3)nc2C)cs1. The maximum Gasteiger partial charge on any atom is 0.255 e. The molecule has 0 unspecified atom stereocenters. The van der Waals surface area contributed by atoms with Crippen LogP contribution in [0.1, 0.15) is 26.8 Å². The molecule has 1 amide bonds. The van der Waals surface area contributed by atoms with E-state index in [9.17, 15) is 4.79 Å². The molecule has 1 N–H and O–H groups in total. The number of carbonyl (C=O) groups excluding carboxylic acids is 1. The summed E-state index contributed by atoms with van der Waals surface area (Å²) < 4.78 is 0.